The van der Waals surface area contributed by atoms with E-state index in [9.17, 15) is 9.90 Å². The Morgan fingerprint density at radius 1 is 1.26 bits per heavy atom. The van der Waals surface area contributed by atoms with Crippen LogP contribution < -0.4 is 10.1 Å². The van der Waals surface area contributed by atoms with E-state index in [0.717, 1.165) is 0 Å². The molecule has 0 fully saturated rings. The molecule has 2 N–H and O–H groups in total. The second kappa shape index (κ2) is 6.64. The van der Waals surface area contributed by atoms with E-state index in [1.165, 1.54) is 6.26 Å². The highest BCUT2D eigenvalue weighted by atomic mass is 35.5. The van der Waals surface area contributed by atoms with Crippen LogP contribution in [-0.4, -0.2) is 23.2 Å². The SMILES string of the molecule is CC(C)(Oc1ccc(Cl)cc1)C(=O)NCC(C)(O)c1ccco1. The van der Waals surface area contributed by atoms with Crippen molar-refractivity contribution in [2.45, 2.75) is 32.0 Å². The van der Waals surface area contributed by atoms with E-state index < -0.39 is 11.2 Å². The van der Waals surface area contributed by atoms with Crippen LogP contribution in [0.1, 0.15) is 26.5 Å². The molecule has 0 saturated carbocycles. The fourth-order valence-electron chi connectivity index (χ4n) is 1.98. The molecule has 0 bridgehead atoms. The maximum Gasteiger partial charge on any atom is 0.263 e. The van der Waals surface area contributed by atoms with Crippen LogP contribution in [-0.2, 0) is 10.4 Å². The lowest BCUT2D eigenvalue weighted by atomic mass is 10.0. The van der Waals surface area contributed by atoms with Crippen molar-refractivity contribution in [1.29, 1.82) is 0 Å². The molecule has 1 heterocycles. The normalized spacial score (nSPS) is 14.1. The number of benzene rings is 1. The Morgan fingerprint density at radius 2 is 1.91 bits per heavy atom. The van der Waals surface area contributed by atoms with E-state index in [4.69, 9.17) is 20.8 Å². The molecule has 0 spiro atoms. The van der Waals surface area contributed by atoms with Crippen LogP contribution in [0.25, 0.3) is 0 Å². The van der Waals surface area contributed by atoms with Gasteiger partial charge in [0.15, 0.2) is 5.60 Å². The molecule has 6 heteroatoms. The van der Waals surface area contributed by atoms with Crippen molar-refractivity contribution in [3.8, 4) is 5.75 Å². The largest absolute Gasteiger partial charge is 0.478 e. The van der Waals surface area contributed by atoms with E-state index in [0.29, 0.717) is 16.5 Å². The first kappa shape index (κ1) is 17.4. The topological polar surface area (TPSA) is 71.7 Å². The molecule has 2 rings (SSSR count). The molecule has 1 aromatic carbocycles. The highest BCUT2D eigenvalue weighted by Gasteiger charge is 2.33. The lowest BCUT2D eigenvalue weighted by molar-refractivity contribution is -0.135. The second-order valence-electron chi connectivity index (χ2n) is 6.00. The zero-order valence-corrected chi connectivity index (χ0v) is 14.1. The van der Waals surface area contributed by atoms with E-state index in [1.807, 2.05) is 0 Å². The molecule has 1 unspecified atom stereocenters. The summed E-state index contributed by atoms with van der Waals surface area (Å²) in [6.45, 7) is 4.88. The van der Waals surface area contributed by atoms with Crippen molar-refractivity contribution in [2.75, 3.05) is 6.54 Å². The minimum Gasteiger partial charge on any atom is -0.478 e. The zero-order valence-electron chi connectivity index (χ0n) is 13.3. The molecular formula is C17H20ClNO4. The molecule has 1 atom stereocenters. The van der Waals surface area contributed by atoms with E-state index in [1.54, 1.807) is 57.2 Å². The summed E-state index contributed by atoms with van der Waals surface area (Å²) in [5.74, 6) is 0.570. The van der Waals surface area contributed by atoms with Gasteiger partial charge in [0.05, 0.1) is 12.8 Å². The van der Waals surface area contributed by atoms with Crippen molar-refractivity contribution in [1.82, 2.24) is 5.32 Å². The summed E-state index contributed by atoms with van der Waals surface area (Å²) in [7, 11) is 0. The maximum atomic E-state index is 12.3. The van der Waals surface area contributed by atoms with Gasteiger partial charge in [0, 0.05) is 5.02 Å². The van der Waals surface area contributed by atoms with Crippen LogP contribution in [0.15, 0.2) is 47.1 Å². The number of hydrogen-bond donors (Lipinski definition) is 2. The number of furan rings is 1. The Hall–Kier alpha value is -1.98. The molecule has 0 aliphatic rings. The van der Waals surface area contributed by atoms with Gasteiger partial charge in [-0.05, 0) is 57.2 Å². The Kier molecular flexibility index (Phi) is 5.02. The van der Waals surface area contributed by atoms with E-state index in [-0.39, 0.29) is 12.5 Å². The van der Waals surface area contributed by atoms with Gasteiger partial charge < -0.3 is 19.6 Å². The third-order valence-corrected chi connectivity index (χ3v) is 3.63. The first-order chi connectivity index (χ1) is 10.7. The molecule has 0 radical (unpaired) electrons. The monoisotopic (exact) mass is 337 g/mol. The lowest BCUT2D eigenvalue weighted by Gasteiger charge is -2.28. The molecule has 1 amide bonds. The Balaban J connectivity index is 1.97. The first-order valence-electron chi connectivity index (χ1n) is 7.20. The molecule has 5 nitrogen and oxygen atoms in total. The third kappa shape index (κ3) is 4.50. The predicted octanol–water partition coefficient (Wildman–Crippen LogP) is 3.11. The zero-order chi connectivity index (χ0) is 17.1. The van der Waals surface area contributed by atoms with Gasteiger partial charge in [-0.15, -0.1) is 0 Å². The van der Waals surface area contributed by atoms with Gasteiger partial charge in [0.25, 0.3) is 5.91 Å². The fraction of sp³-hybridized carbons (Fsp3) is 0.353. The molecule has 124 valence electrons. The van der Waals surface area contributed by atoms with Crippen LogP contribution in [0, 0.1) is 0 Å². The van der Waals surface area contributed by atoms with Crippen molar-refractivity contribution in [3.05, 3.63) is 53.4 Å². The Morgan fingerprint density at radius 3 is 2.48 bits per heavy atom. The van der Waals surface area contributed by atoms with Crippen molar-refractivity contribution >= 4 is 17.5 Å². The lowest BCUT2D eigenvalue weighted by Crippen LogP contribution is -2.50. The molecular weight excluding hydrogens is 318 g/mol. The van der Waals surface area contributed by atoms with Gasteiger partial charge in [-0.3, -0.25) is 4.79 Å². The van der Waals surface area contributed by atoms with Crippen molar-refractivity contribution in [3.63, 3.8) is 0 Å². The second-order valence-corrected chi connectivity index (χ2v) is 6.44. The average Bonchev–Trinajstić information content (AvgIpc) is 3.02. The number of ether oxygens (including phenoxy) is 1. The van der Waals surface area contributed by atoms with Gasteiger partial charge in [-0.25, -0.2) is 0 Å². The van der Waals surface area contributed by atoms with Gasteiger partial charge in [-0.2, -0.15) is 0 Å². The van der Waals surface area contributed by atoms with Crippen molar-refractivity contribution < 1.29 is 19.1 Å². The number of rotatable bonds is 6. The van der Waals surface area contributed by atoms with Gasteiger partial charge in [0.1, 0.15) is 17.1 Å². The minimum atomic E-state index is -1.30. The summed E-state index contributed by atoms with van der Waals surface area (Å²) in [6, 6.07) is 10.1. The Labute approximate surface area is 140 Å². The smallest absolute Gasteiger partial charge is 0.263 e. The molecule has 0 aliphatic carbocycles. The predicted molar refractivity (Wildman–Crippen MR) is 87.4 cm³/mol. The summed E-state index contributed by atoms with van der Waals surface area (Å²) < 4.78 is 10.9. The number of halogens is 1. The molecule has 1 aromatic heterocycles. The number of carbonyl (C=O) groups excluding carboxylic acids is 1. The highest BCUT2D eigenvalue weighted by molar-refractivity contribution is 6.30. The van der Waals surface area contributed by atoms with Gasteiger partial charge in [-0.1, -0.05) is 11.6 Å². The number of carbonyl (C=O) groups is 1. The molecule has 0 saturated heterocycles. The first-order valence-corrected chi connectivity index (χ1v) is 7.58. The number of nitrogens with one attached hydrogen (secondary N) is 1. The van der Waals surface area contributed by atoms with Crippen LogP contribution in [0.3, 0.4) is 0 Å². The maximum absolute atomic E-state index is 12.3. The van der Waals surface area contributed by atoms with E-state index >= 15 is 0 Å². The Bertz CT molecular complexity index is 648. The van der Waals surface area contributed by atoms with Gasteiger partial charge in [0.2, 0.25) is 0 Å². The molecule has 23 heavy (non-hydrogen) atoms. The molecule has 0 aliphatic heterocycles. The quantitative estimate of drug-likeness (QED) is 0.849. The summed E-state index contributed by atoms with van der Waals surface area (Å²) in [6.07, 6.45) is 1.47. The van der Waals surface area contributed by atoms with Crippen LogP contribution in [0.5, 0.6) is 5.75 Å². The third-order valence-electron chi connectivity index (χ3n) is 3.38. The van der Waals surface area contributed by atoms with Crippen LogP contribution in [0.4, 0.5) is 0 Å². The standard InChI is InChI=1S/C17H20ClNO4/c1-16(2,23-13-8-6-12(18)7-9-13)15(20)19-11-17(3,21)14-5-4-10-22-14/h4-10,21H,11H2,1-3H3,(H,19,20). The minimum absolute atomic E-state index is 0.00670. The number of aliphatic hydroxyl groups is 1. The fourth-order valence-corrected chi connectivity index (χ4v) is 2.11. The number of amides is 1. The van der Waals surface area contributed by atoms with Crippen molar-refractivity contribution in [2.24, 2.45) is 0 Å². The summed E-state index contributed by atoms with van der Waals surface area (Å²) in [5, 5.41) is 13.6. The average molecular weight is 338 g/mol. The number of hydrogen-bond acceptors (Lipinski definition) is 4. The molecule has 2 aromatic rings. The summed E-state index contributed by atoms with van der Waals surface area (Å²) in [5.41, 5.74) is -2.40. The van der Waals surface area contributed by atoms with Crippen LogP contribution in [0.2, 0.25) is 5.02 Å². The summed E-state index contributed by atoms with van der Waals surface area (Å²) >= 11 is 5.82. The van der Waals surface area contributed by atoms with E-state index in [2.05, 4.69) is 5.32 Å². The van der Waals surface area contributed by atoms with Gasteiger partial charge >= 0.3 is 0 Å². The highest BCUT2D eigenvalue weighted by Crippen LogP contribution is 2.22. The summed E-state index contributed by atoms with van der Waals surface area (Å²) in [4.78, 5) is 12.3. The van der Waals surface area contributed by atoms with Crippen LogP contribution >= 0.6 is 11.6 Å².